The van der Waals surface area contributed by atoms with Crippen LogP contribution in [0.4, 0.5) is 10.1 Å². The lowest BCUT2D eigenvalue weighted by molar-refractivity contribution is -0.137. The Labute approximate surface area is 163 Å². The summed E-state index contributed by atoms with van der Waals surface area (Å²) in [7, 11) is 1.19. The Morgan fingerprint density at radius 2 is 1.78 bits per heavy atom. The van der Waals surface area contributed by atoms with E-state index in [1.807, 2.05) is 0 Å². The lowest BCUT2D eigenvalue weighted by Crippen LogP contribution is -2.32. The van der Waals surface area contributed by atoms with E-state index in [1.54, 1.807) is 0 Å². The monoisotopic (exact) mass is 411 g/mol. The molecular weight excluding hydrogens is 397 g/mol. The molecule has 3 rings (SSSR count). The van der Waals surface area contributed by atoms with Gasteiger partial charge < -0.3 is 4.74 Å². The van der Waals surface area contributed by atoms with Crippen LogP contribution >= 0.6 is 23.4 Å². The van der Waals surface area contributed by atoms with E-state index in [-0.39, 0.29) is 22.0 Å². The van der Waals surface area contributed by atoms with Gasteiger partial charge in [-0.05, 0) is 37.8 Å². The summed E-state index contributed by atoms with van der Waals surface area (Å²) in [5.41, 5.74) is 0.417. The van der Waals surface area contributed by atoms with Gasteiger partial charge in [-0.3, -0.25) is 19.2 Å². The highest BCUT2D eigenvalue weighted by Crippen LogP contribution is 2.38. The highest BCUT2D eigenvalue weighted by Gasteiger charge is 2.41. The number of esters is 1. The summed E-state index contributed by atoms with van der Waals surface area (Å²) in [5, 5.41) is -0.765. The van der Waals surface area contributed by atoms with Gasteiger partial charge in [0.2, 0.25) is 5.12 Å². The van der Waals surface area contributed by atoms with E-state index in [9.17, 15) is 23.6 Å². The van der Waals surface area contributed by atoms with Crippen molar-refractivity contribution in [1.29, 1.82) is 0 Å². The number of methoxy groups -OCH3 is 1. The molecule has 1 aromatic rings. The van der Waals surface area contributed by atoms with E-state index in [2.05, 4.69) is 4.74 Å². The summed E-state index contributed by atoms with van der Waals surface area (Å²) in [6.07, 6.45) is 2.55. The van der Waals surface area contributed by atoms with Crippen LogP contribution in [0.5, 0.6) is 0 Å². The number of rotatable bonds is 4. The van der Waals surface area contributed by atoms with Crippen LogP contribution < -0.4 is 4.90 Å². The van der Waals surface area contributed by atoms with Gasteiger partial charge >= 0.3 is 5.97 Å². The van der Waals surface area contributed by atoms with Gasteiger partial charge in [0.05, 0.1) is 23.6 Å². The Hall–Kier alpha value is -2.19. The van der Waals surface area contributed by atoms with E-state index in [4.69, 9.17) is 11.6 Å². The molecule has 0 N–H and O–H groups in total. The fourth-order valence-electron chi connectivity index (χ4n) is 3.08. The first-order chi connectivity index (χ1) is 12.8. The maximum atomic E-state index is 14.5. The number of ether oxygens (including phenoxy) is 1. The molecule has 2 amide bonds. The molecule has 1 aromatic carbocycles. The van der Waals surface area contributed by atoms with E-state index in [0.29, 0.717) is 35.7 Å². The lowest BCUT2D eigenvalue weighted by Gasteiger charge is -2.17. The molecule has 0 atom stereocenters. The van der Waals surface area contributed by atoms with Crippen LogP contribution in [-0.4, -0.2) is 35.8 Å². The third kappa shape index (κ3) is 3.64. The van der Waals surface area contributed by atoms with Crippen molar-refractivity contribution in [3.05, 3.63) is 39.7 Å². The number of imide groups is 1. The number of amides is 2. The highest BCUT2D eigenvalue weighted by molar-refractivity contribution is 8.14. The summed E-state index contributed by atoms with van der Waals surface area (Å²) < 4.78 is 19.0. The second-order valence-corrected chi connectivity index (χ2v) is 7.40. The summed E-state index contributed by atoms with van der Waals surface area (Å²) in [6.45, 7) is 0. The number of benzene rings is 1. The van der Waals surface area contributed by atoms with E-state index < -0.39 is 28.7 Å². The topological polar surface area (TPSA) is 80.8 Å². The van der Waals surface area contributed by atoms with E-state index in [0.717, 1.165) is 29.9 Å². The predicted molar refractivity (Wildman–Crippen MR) is 98.2 cm³/mol. The third-order valence-corrected chi connectivity index (χ3v) is 5.61. The number of carbonyl (C=O) groups is 4. The number of nitrogens with zero attached hydrogens (tertiary/aromatic N) is 1. The van der Waals surface area contributed by atoms with Crippen LogP contribution in [0.15, 0.2) is 23.3 Å². The van der Waals surface area contributed by atoms with Crippen molar-refractivity contribution in [3.8, 4) is 0 Å². The Balaban J connectivity index is 1.93. The van der Waals surface area contributed by atoms with Crippen LogP contribution in [0.2, 0.25) is 5.02 Å². The molecule has 0 fully saturated rings. The maximum absolute atomic E-state index is 14.5. The first kappa shape index (κ1) is 19.6. The first-order valence-corrected chi connectivity index (χ1v) is 9.55. The Morgan fingerprint density at radius 3 is 2.33 bits per heavy atom. The number of halogens is 2. The predicted octanol–water partition coefficient (Wildman–Crippen LogP) is 3.27. The Morgan fingerprint density at radius 1 is 1.19 bits per heavy atom. The molecular formula is C18H15ClFNO5S. The molecule has 1 aliphatic carbocycles. The lowest BCUT2D eigenvalue weighted by atomic mass is 9.93. The van der Waals surface area contributed by atoms with Crippen molar-refractivity contribution in [3.63, 3.8) is 0 Å². The first-order valence-electron chi connectivity index (χ1n) is 8.19. The zero-order valence-electron chi connectivity index (χ0n) is 14.3. The SMILES string of the molecule is COC(=O)CSC(=O)c1cc(N2C(=O)C3=C(CCCC3)C2=O)c(F)cc1Cl. The summed E-state index contributed by atoms with van der Waals surface area (Å²) in [5.74, 6) is -2.84. The van der Waals surface area contributed by atoms with E-state index in [1.165, 1.54) is 7.11 Å². The second kappa shape index (κ2) is 7.82. The smallest absolute Gasteiger partial charge is 0.316 e. The van der Waals surface area contributed by atoms with Gasteiger partial charge in [0.25, 0.3) is 11.8 Å². The normalized spacial score (nSPS) is 16.6. The van der Waals surface area contributed by atoms with Crippen molar-refractivity contribution in [1.82, 2.24) is 0 Å². The fourth-order valence-corrected chi connectivity index (χ4v) is 4.07. The molecule has 0 aromatic heterocycles. The molecule has 1 heterocycles. The zero-order chi connectivity index (χ0) is 19.7. The number of thioether (sulfide) groups is 1. The third-order valence-electron chi connectivity index (χ3n) is 4.44. The number of carbonyl (C=O) groups excluding carboxylic acids is 4. The van der Waals surface area contributed by atoms with Crippen molar-refractivity contribution in [2.75, 3.05) is 17.8 Å². The summed E-state index contributed by atoms with van der Waals surface area (Å²) in [4.78, 5) is 49.5. The Kier molecular flexibility index (Phi) is 5.67. The summed E-state index contributed by atoms with van der Waals surface area (Å²) in [6, 6.07) is 1.97. The van der Waals surface area contributed by atoms with Crippen molar-refractivity contribution in [2.24, 2.45) is 0 Å². The number of anilines is 1. The zero-order valence-corrected chi connectivity index (χ0v) is 15.9. The minimum absolute atomic E-state index is 0.0903. The molecule has 0 radical (unpaired) electrons. The van der Waals surface area contributed by atoms with Gasteiger partial charge in [0.15, 0.2) is 0 Å². The molecule has 1 aliphatic heterocycles. The number of hydrogen-bond donors (Lipinski definition) is 0. The molecule has 2 aliphatic rings. The second-order valence-electron chi connectivity index (χ2n) is 6.05. The maximum Gasteiger partial charge on any atom is 0.316 e. The van der Waals surface area contributed by atoms with Crippen LogP contribution in [0.1, 0.15) is 36.0 Å². The van der Waals surface area contributed by atoms with Crippen LogP contribution in [-0.2, 0) is 19.1 Å². The van der Waals surface area contributed by atoms with Crippen LogP contribution in [0.3, 0.4) is 0 Å². The minimum atomic E-state index is -0.879. The molecule has 27 heavy (non-hydrogen) atoms. The van der Waals surface area contributed by atoms with Crippen molar-refractivity contribution >= 4 is 51.9 Å². The fraction of sp³-hybridized carbons (Fsp3) is 0.333. The molecule has 0 bridgehead atoms. The van der Waals surface area contributed by atoms with Crippen molar-refractivity contribution in [2.45, 2.75) is 25.7 Å². The van der Waals surface area contributed by atoms with Gasteiger partial charge in [0, 0.05) is 16.7 Å². The Bertz CT molecular complexity index is 870. The average molecular weight is 412 g/mol. The van der Waals surface area contributed by atoms with E-state index >= 15 is 0 Å². The van der Waals surface area contributed by atoms with Gasteiger partial charge in [0.1, 0.15) is 5.82 Å². The molecule has 0 saturated carbocycles. The molecule has 0 unspecified atom stereocenters. The largest absolute Gasteiger partial charge is 0.468 e. The molecule has 6 nitrogen and oxygen atoms in total. The van der Waals surface area contributed by atoms with Crippen LogP contribution in [0, 0.1) is 5.82 Å². The minimum Gasteiger partial charge on any atom is -0.468 e. The molecule has 142 valence electrons. The molecule has 0 spiro atoms. The van der Waals surface area contributed by atoms with Gasteiger partial charge in [-0.2, -0.15) is 0 Å². The quantitative estimate of drug-likeness (QED) is 0.558. The molecule has 0 saturated heterocycles. The van der Waals surface area contributed by atoms with Crippen LogP contribution in [0.25, 0.3) is 0 Å². The highest BCUT2D eigenvalue weighted by atomic mass is 35.5. The average Bonchev–Trinajstić information content (AvgIpc) is 2.91. The number of hydrogen-bond acceptors (Lipinski definition) is 6. The van der Waals surface area contributed by atoms with Gasteiger partial charge in [-0.15, -0.1) is 0 Å². The van der Waals surface area contributed by atoms with Gasteiger partial charge in [-0.25, -0.2) is 9.29 Å². The van der Waals surface area contributed by atoms with Gasteiger partial charge in [-0.1, -0.05) is 23.4 Å². The van der Waals surface area contributed by atoms with Crippen molar-refractivity contribution < 1.29 is 28.3 Å². The summed E-state index contributed by atoms with van der Waals surface area (Å²) >= 11 is 6.59. The standard InChI is InChI=1S/C18H15ClFNO5S/c1-26-15(22)8-27-18(25)11-6-14(13(20)7-12(11)19)21-16(23)9-4-2-3-5-10(9)17(21)24/h6-7H,2-5,8H2,1H3. The molecule has 9 heteroatoms.